The van der Waals surface area contributed by atoms with Gasteiger partial charge in [-0.2, -0.15) is 0 Å². The normalized spacial score (nSPS) is 24.7. The number of rotatable bonds is 5. The van der Waals surface area contributed by atoms with Crippen molar-refractivity contribution in [1.82, 2.24) is 14.9 Å². The van der Waals surface area contributed by atoms with Crippen molar-refractivity contribution in [3.63, 3.8) is 0 Å². The van der Waals surface area contributed by atoms with Crippen LogP contribution in [0.1, 0.15) is 55.9 Å². The minimum Gasteiger partial charge on any atom is -0.376 e. The molecule has 6 nitrogen and oxygen atoms in total. The van der Waals surface area contributed by atoms with E-state index in [0.29, 0.717) is 17.6 Å². The monoisotopic (exact) mass is 318 g/mol. The average molecular weight is 318 g/mol. The molecule has 2 atom stereocenters. The van der Waals surface area contributed by atoms with Crippen molar-refractivity contribution in [3.05, 3.63) is 18.1 Å². The van der Waals surface area contributed by atoms with E-state index in [4.69, 9.17) is 4.74 Å². The molecule has 2 saturated heterocycles. The number of piperidine rings is 1. The van der Waals surface area contributed by atoms with Gasteiger partial charge in [-0.15, -0.1) is 0 Å². The summed E-state index contributed by atoms with van der Waals surface area (Å²) in [4.78, 5) is 23.2. The number of nitrogens with zero attached hydrogens (tertiary/aromatic N) is 3. The summed E-state index contributed by atoms with van der Waals surface area (Å²) in [6.07, 6.45) is 10.1. The molecule has 1 N–H and O–H groups in total. The lowest BCUT2D eigenvalue weighted by molar-refractivity contribution is 0.0601. The number of hydrogen-bond acceptors (Lipinski definition) is 5. The van der Waals surface area contributed by atoms with Gasteiger partial charge in [0, 0.05) is 25.7 Å². The summed E-state index contributed by atoms with van der Waals surface area (Å²) in [6, 6.07) is 0.343. The zero-order valence-corrected chi connectivity index (χ0v) is 13.8. The smallest absolute Gasteiger partial charge is 0.274 e. The van der Waals surface area contributed by atoms with Gasteiger partial charge >= 0.3 is 0 Å². The van der Waals surface area contributed by atoms with Crippen molar-refractivity contribution in [2.45, 2.75) is 57.6 Å². The number of carbonyl (C=O) groups is 1. The molecule has 23 heavy (non-hydrogen) atoms. The van der Waals surface area contributed by atoms with Crippen molar-refractivity contribution in [2.24, 2.45) is 0 Å². The number of ether oxygens (including phenoxy) is 1. The number of nitrogens with one attached hydrogen (secondary N) is 1. The van der Waals surface area contributed by atoms with Gasteiger partial charge in [-0.3, -0.25) is 4.79 Å². The molecule has 6 heteroatoms. The fourth-order valence-electron chi connectivity index (χ4n) is 3.39. The quantitative estimate of drug-likeness (QED) is 0.903. The number of hydrogen-bond donors (Lipinski definition) is 1. The average Bonchev–Trinajstić information content (AvgIpc) is 3.13. The first-order valence-electron chi connectivity index (χ1n) is 8.76. The lowest BCUT2D eigenvalue weighted by Crippen LogP contribution is -2.43. The Morgan fingerprint density at radius 1 is 1.30 bits per heavy atom. The fraction of sp³-hybridized carbons (Fsp3) is 0.706. The number of anilines is 1. The van der Waals surface area contributed by atoms with E-state index in [2.05, 4.69) is 22.2 Å². The van der Waals surface area contributed by atoms with Crippen molar-refractivity contribution in [2.75, 3.05) is 25.0 Å². The Kier molecular flexibility index (Phi) is 5.43. The van der Waals surface area contributed by atoms with E-state index in [0.717, 1.165) is 51.8 Å². The molecule has 0 spiro atoms. The summed E-state index contributed by atoms with van der Waals surface area (Å²) >= 11 is 0. The van der Waals surface area contributed by atoms with Crippen molar-refractivity contribution in [1.29, 1.82) is 0 Å². The molecule has 2 fully saturated rings. The second-order valence-corrected chi connectivity index (χ2v) is 6.36. The first-order valence-corrected chi connectivity index (χ1v) is 8.76. The Labute approximate surface area is 137 Å². The Morgan fingerprint density at radius 3 is 2.91 bits per heavy atom. The minimum absolute atomic E-state index is 0.00901. The topological polar surface area (TPSA) is 67.4 Å². The predicted octanol–water partition coefficient (Wildman–Crippen LogP) is 2.47. The van der Waals surface area contributed by atoms with Crippen LogP contribution in [0.3, 0.4) is 0 Å². The SMILES string of the molecule is CCC1CCCCN1C(=O)c1cnc(NCC2CCCO2)cn1. The zero-order valence-electron chi connectivity index (χ0n) is 13.8. The van der Waals surface area contributed by atoms with Crippen LogP contribution >= 0.6 is 0 Å². The Hall–Kier alpha value is -1.69. The lowest BCUT2D eigenvalue weighted by atomic mass is 10.00. The molecule has 3 rings (SSSR count). The van der Waals surface area contributed by atoms with E-state index < -0.39 is 0 Å². The highest BCUT2D eigenvalue weighted by atomic mass is 16.5. The van der Waals surface area contributed by atoms with E-state index in [1.807, 2.05) is 4.90 Å². The van der Waals surface area contributed by atoms with Gasteiger partial charge in [-0.05, 0) is 38.5 Å². The summed E-state index contributed by atoms with van der Waals surface area (Å²) in [7, 11) is 0. The van der Waals surface area contributed by atoms with Gasteiger partial charge in [0.1, 0.15) is 11.5 Å². The Bertz CT molecular complexity index is 514. The first-order chi connectivity index (χ1) is 11.3. The van der Waals surface area contributed by atoms with Crippen LogP contribution in [0.15, 0.2) is 12.4 Å². The highest BCUT2D eigenvalue weighted by molar-refractivity contribution is 5.92. The van der Waals surface area contributed by atoms with Crippen LogP contribution < -0.4 is 5.32 Å². The van der Waals surface area contributed by atoms with E-state index in [-0.39, 0.29) is 12.0 Å². The maximum absolute atomic E-state index is 12.6. The lowest BCUT2D eigenvalue weighted by Gasteiger charge is -2.34. The largest absolute Gasteiger partial charge is 0.376 e. The molecule has 1 aromatic heterocycles. The summed E-state index contributed by atoms with van der Waals surface area (Å²) in [5.74, 6) is 0.706. The fourth-order valence-corrected chi connectivity index (χ4v) is 3.39. The van der Waals surface area contributed by atoms with Crippen LogP contribution in [-0.4, -0.2) is 52.6 Å². The number of amides is 1. The van der Waals surface area contributed by atoms with Gasteiger partial charge in [-0.25, -0.2) is 9.97 Å². The van der Waals surface area contributed by atoms with E-state index >= 15 is 0 Å². The molecule has 2 aliphatic heterocycles. The Morgan fingerprint density at radius 2 is 2.22 bits per heavy atom. The molecule has 0 aliphatic carbocycles. The molecule has 1 amide bonds. The van der Waals surface area contributed by atoms with E-state index in [9.17, 15) is 4.79 Å². The summed E-state index contributed by atoms with van der Waals surface area (Å²) < 4.78 is 5.57. The van der Waals surface area contributed by atoms with Crippen LogP contribution in [0.25, 0.3) is 0 Å². The van der Waals surface area contributed by atoms with Gasteiger partial charge < -0.3 is 15.0 Å². The van der Waals surface area contributed by atoms with Crippen LogP contribution in [0, 0.1) is 0 Å². The van der Waals surface area contributed by atoms with Crippen molar-refractivity contribution in [3.8, 4) is 0 Å². The zero-order chi connectivity index (χ0) is 16.1. The first kappa shape index (κ1) is 16.2. The number of likely N-dealkylation sites (tertiary alicyclic amines) is 1. The molecule has 0 radical (unpaired) electrons. The molecule has 2 unspecified atom stereocenters. The molecule has 0 aromatic carbocycles. The van der Waals surface area contributed by atoms with Crippen molar-refractivity contribution >= 4 is 11.7 Å². The molecular formula is C17H26N4O2. The highest BCUT2D eigenvalue weighted by Gasteiger charge is 2.27. The summed E-state index contributed by atoms with van der Waals surface area (Å²) in [6.45, 7) is 4.56. The molecular weight excluding hydrogens is 292 g/mol. The van der Waals surface area contributed by atoms with Crippen molar-refractivity contribution < 1.29 is 9.53 Å². The highest BCUT2D eigenvalue weighted by Crippen LogP contribution is 2.21. The van der Waals surface area contributed by atoms with Gasteiger partial charge in [0.2, 0.25) is 0 Å². The molecule has 1 aromatic rings. The van der Waals surface area contributed by atoms with Crippen LogP contribution in [-0.2, 0) is 4.74 Å². The minimum atomic E-state index is 0.00901. The molecule has 3 heterocycles. The summed E-state index contributed by atoms with van der Waals surface area (Å²) in [5.41, 5.74) is 0.438. The second-order valence-electron chi connectivity index (χ2n) is 6.36. The molecule has 0 bridgehead atoms. The standard InChI is InChI=1S/C17H26N4O2/c1-2-13-6-3-4-8-21(13)17(22)15-11-20-16(12-18-15)19-10-14-7-5-9-23-14/h11-14H,2-10H2,1H3,(H,19,20). The maximum Gasteiger partial charge on any atom is 0.274 e. The van der Waals surface area contributed by atoms with Crippen LogP contribution in [0.4, 0.5) is 5.82 Å². The molecule has 0 saturated carbocycles. The van der Waals surface area contributed by atoms with E-state index in [1.54, 1.807) is 12.4 Å². The summed E-state index contributed by atoms with van der Waals surface area (Å²) in [5, 5.41) is 3.23. The third kappa shape index (κ3) is 3.99. The third-order valence-electron chi connectivity index (χ3n) is 4.77. The van der Waals surface area contributed by atoms with Gasteiger partial charge in [0.15, 0.2) is 0 Å². The number of carbonyl (C=O) groups excluding carboxylic acids is 1. The second kappa shape index (κ2) is 7.73. The van der Waals surface area contributed by atoms with E-state index in [1.165, 1.54) is 6.42 Å². The third-order valence-corrected chi connectivity index (χ3v) is 4.77. The van der Waals surface area contributed by atoms with Gasteiger partial charge in [0.25, 0.3) is 5.91 Å². The molecule has 126 valence electrons. The van der Waals surface area contributed by atoms with Gasteiger partial charge in [0.05, 0.1) is 18.5 Å². The predicted molar refractivity (Wildman–Crippen MR) is 88.5 cm³/mol. The number of aromatic nitrogens is 2. The Balaban J connectivity index is 1.58. The molecule has 2 aliphatic rings. The van der Waals surface area contributed by atoms with Crippen LogP contribution in [0.5, 0.6) is 0 Å². The van der Waals surface area contributed by atoms with Crippen LogP contribution in [0.2, 0.25) is 0 Å². The van der Waals surface area contributed by atoms with Gasteiger partial charge in [-0.1, -0.05) is 6.92 Å². The maximum atomic E-state index is 12.6.